The van der Waals surface area contributed by atoms with E-state index in [2.05, 4.69) is 360 Å². The van der Waals surface area contributed by atoms with E-state index in [4.69, 9.17) is 8.83 Å². The molecule has 494 valence electrons. The molecule has 0 radical (unpaired) electrons. The van der Waals surface area contributed by atoms with Gasteiger partial charge in [0.25, 0.3) is 0 Å². The summed E-state index contributed by atoms with van der Waals surface area (Å²) in [5.41, 5.74) is 34.8. The molecule has 2 aliphatic heterocycles. The van der Waals surface area contributed by atoms with Crippen LogP contribution in [-0.2, 0) is 28.1 Å². The van der Waals surface area contributed by atoms with Gasteiger partial charge in [-0.1, -0.05) is 265 Å². The van der Waals surface area contributed by atoms with Crippen molar-refractivity contribution in [1.29, 1.82) is 0 Å². The third-order valence-electron chi connectivity index (χ3n) is 22.3. The average Bonchev–Trinajstić information content (AvgIpc) is 0.779. The van der Waals surface area contributed by atoms with E-state index in [1.807, 2.05) is 0 Å². The lowest BCUT2D eigenvalue weighted by atomic mass is 9.71. The van der Waals surface area contributed by atoms with Crippen LogP contribution in [0.5, 0.6) is 0 Å². The van der Waals surface area contributed by atoms with Crippen molar-refractivity contribution in [3.8, 4) is 44.5 Å². The van der Waals surface area contributed by atoms with Crippen LogP contribution in [0, 0.1) is 0 Å². The topological polar surface area (TPSA) is 32.8 Å². The van der Waals surface area contributed by atoms with Gasteiger partial charge in [-0.2, -0.15) is 0 Å². The van der Waals surface area contributed by atoms with Gasteiger partial charge in [0.15, 0.2) is 0 Å². The van der Waals surface area contributed by atoms with Crippen LogP contribution in [0.4, 0.5) is 34.1 Å². The molecule has 3 aliphatic rings. The Morgan fingerprint density at radius 2 is 0.644 bits per heavy atom. The zero-order valence-electron chi connectivity index (χ0n) is 60.0. The molecule has 0 amide bonds. The van der Waals surface area contributed by atoms with Gasteiger partial charge >= 0.3 is 0 Å². The van der Waals surface area contributed by atoms with E-state index >= 15 is 0 Å². The first-order chi connectivity index (χ1) is 48.6. The zero-order chi connectivity index (χ0) is 69.2. The first-order valence-electron chi connectivity index (χ1n) is 36.1. The Kier molecular flexibility index (Phi) is 14.1. The van der Waals surface area contributed by atoms with Crippen molar-refractivity contribution in [2.45, 2.75) is 123 Å². The molecule has 0 saturated heterocycles. The van der Waals surface area contributed by atoms with Crippen molar-refractivity contribution in [3.05, 3.63) is 334 Å². The summed E-state index contributed by atoms with van der Waals surface area (Å²) in [7, 11) is 0. The predicted molar refractivity (Wildman–Crippen MR) is 424 cm³/mol. The van der Waals surface area contributed by atoms with Crippen molar-refractivity contribution in [2.24, 2.45) is 0 Å². The second kappa shape index (κ2) is 22.8. The lowest BCUT2D eigenvalue weighted by molar-refractivity contribution is 0.589. The molecule has 4 heteroatoms. The van der Waals surface area contributed by atoms with Crippen molar-refractivity contribution >= 4 is 78.0 Å². The number of para-hydroxylation sites is 2. The first kappa shape index (κ1) is 62.3. The third kappa shape index (κ3) is 10.2. The standard InChI is InChI=1S/C97H84N2O2/c1-94(2,3)65-41-35-58(36-42-65)75-56-67(96(7,8)9)45-49-79(75)98-81-47-39-62(71-29-21-33-87-90(71)73-27-17-19-31-85(73)100-87)52-77(81)92-78-53-63(72-30-22-34-88-91(72)74-28-18-20-32-86(74)101-88)40-48-82(78)99(80-50-46-68(97(10,11)12)57-76(80)59-37-43-66(44-38-59)95(4,5)6)84-55-64(54-83(98)93(84)92)89-69-25-15-13-23-60(69)51-61-24-14-16-26-70(61)89/h13-50,52-57,89,92H,51H2,1-12H3. The van der Waals surface area contributed by atoms with Gasteiger partial charge in [0.1, 0.15) is 22.3 Å². The minimum absolute atomic E-state index is 0.0280. The monoisotopic (exact) mass is 1310 g/mol. The number of fused-ring (bicyclic) bond motifs is 12. The Morgan fingerprint density at radius 1 is 0.277 bits per heavy atom. The second-order valence-electron chi connectivity index (χ2n) is 32.8. The van der Waals surface area contributed by atoms with Gasteiger partial charge in [0.05, 0.1) is 34.1 Å². The maximum atomic E-state index is 6.71. The fourth-order valence-electron chi connectivity index (χ4n) is 16.9. The van der Waals surface area contributed by atoms with E-state index in [0.717, 1.165) is 107 Å². The van der Waals surface area contributed by atoms with Gasteiger partial charge in [0.2, 0.25) is 0 Å². The predicted octanol–water partition coefficient (Wildman–Crippen LogP) is 27.2. The highest BCUT2D eigenvalue weighted by Gasteiger charge is 2.44. The number of rotatable bonds is 7. The maximum absolute atomic E-state index is 6.71. The second-order valence-corrected chi connectivity index (χ2v) is 32.8. The molecule has 0 saturated carbocycles. The van der Waals surface area contributed by atoms with Crippen molar-refractivity contribution in [3.63, 3.8) is 0 Å². The molecule has 13 aromatic carbocycles. The van der Waals surface area contributed by atoms with Crippen LogP contribution >= 0.6 is 0 Å². The quantitative estimate of drug-likeness (QED) is 0.159. The Bertz CT molecular complexity index is 5510. The SMILES string of the molecule is CC(C)(C)c1ccc(-c2cc(C(C)(C)C)ccc2N2c3ccc(-c4cccc5oc6ccccc6c45)cc3C3c4cc(-c5cccc6oc7ccccc7c56)ccc4N(c4ccc(C(C)(C)C)cc4-c4ccc(C(C)(C)C)cc4)c4cc(C5c6ccccc6Cc6ccccc65)cc2c43)cc1. The van der Waals surface area contributed by atoms with Crippen LogP contribution in [0.2, 0.25) is 0 Å². The van der Waals surface area contributed by atoms with E-state index in [0.29, 0.717) is 0 Å². The summed E-state index contributed by atoms with van der Waals surface area (Å²) in [6.45, 7) is 27.9. The van der Waals surface area contributed by atoms with Gasteiger partial charge in [-0.25, -0.2) is 0 Å². The van der Waals surface area contributed by atoms with Crippen LogP contribution in [0.3, 0.4) is 0 Å². The lowest BCUT2D eigenvalue weighted by Gasteiger charge is -2.47. The number of benzene rings is 13. The average molecular weight is 1310 g/mol. The molecular formula is C97H84N2O2. The molecule has 0 atom stereocenters. The summed E-state index contributed by atoms with van der Waals surface area (Å²) >= 11 is 0. The number of hydrogen-bond acceptors (Lipinski definition) is 4. The van der Waals surface area contributed by atoms with Crippen LogP contribution in [0.1, 0.15) is 162 Å². The van der Waals surface area contributed by atoms with Crippen LogP contribution < -0.4 is 9.80 Å². The van der Waals surface area contributed by atoms with Gasteiger partial charge in [-0.3, -0.25) is 0 Å². The molecule has 0 spiro atoms. The highest BCUT2D eigenvalue weighted by Crippen LogP contribution is 2.64. The number of furan rings is 2. The summed E-state index contributed by atoms with van der Waals surface area (Å²) in [5.74, 6) is -0.354. The van der Waals surface area contributed by atoms with Gasteiger partial charge in [-0.15, -0.1) is 0 Å². The molecule has 0 fully saturated rings. The Labute approximate surface area is 594 Å². The molecule has 15 aromatic rings. The van der Waals surface area contributed by atoms with E-state index in [9.17, 15) is 0 Å². The number of anilines is 6. The summed E-state index contributed by atoms with van der Waals surface area (Å²) in [6.07, 6.45) is 0.881. The van der Waals surface area contributed by atoms with Crippen LogP contribution in [0.25, 0.3) is 88.4 Å². The zero-order valence-corrected chi connectivity index (χ0v) is 60.0. The molecule has 101 heavy (non-hydrogen) atoms. The molecule has 18 rings (SSSR count). The highest BCUT2D eigenvalue weighted by atomic mass is 16.3. The molecule has 0 N–H and O–H groups in total. The lowest BCUT2D eigenvalue weighted by Crippen LogP contribution is -2.30. The summed E-state index contributed by atoms with van der Waals surface area (Å²) in [5, 5.41) is 4.45. The molecule has 4 heterocycles. The minimum atomic E-state index is -0.273. The van der Waals surface area contributed by atoms with Crippen molar-refractivity contribution in [1.82, 2.24) is 0 Å². The fraction of sp³-hybridized carbons (Fsp3) is 0.196. The van der Waals surface area contributed by atoms with E-state index in [1.54, 1.807) is 0 Å². The molecule has 1 aliphatic carbocycles. The Hall–Kier alpha value is -10.9. The van der Waals surface area contributed by atoms with Crippen LogP contribution in [-0.4, -0.2) is 0 Å². The smallest absolute Gasteiger partial charge is 0.136 e. The van der Waals surface area contributed by atoms with E-state index in [-0.39, 0.29) is 33.5 Å². The largest absolute Gasteiger partial charge is 0.456 e. The van der Waals surface area contributed by atoms with Crippen LogP contribution in [0.15, 0.2) is 276 Å². The fourth-order valence-corrected chi connectivity index (χ4v) is 16.9. The number of hydrogen-bond donors (Lipinski definition) is 0. The molecular weight excluding hydrogens is 1230 g/mol. The van der Waals surface area contributed by atoms with Crippen molar-refractivity contribution < 1.29 is 8.83 Å². The normalized spacial score (nSPS) is 14.0. The Morgan fingerprint density at radius 3 is 1.07 bits per heavy atom. The molecule has 0 unspecified atom stereocenters. The first-order valence-corrected chi connectivity index (χ1v) is 36.1. The highest BCUT2D eigenvalue weighted by molar-refractivity contribution is 6.14. The molecule has 2 aromatic heterocycles. The maximum Gasteiger partial charge on any atom is 0.136 e. The summed E-state index contributed by atoms with van der Waals surface area (Å²) in [4.78, 5) is 5.37. The Balaban J connectivity index is 1.01. The number of nitrogens with zero attached hydrogens (tertiary/aromatic N) is 2. The van der Waals surface area contributed by atoms with Crippen molar-refractivity contribution in [2.75, 3.05) is 9.80 Å². The van der Waals surface area contributed by atoms with Gasteiger partial charge in [-0.05, 0) is 208 Å². The van der Waals surface area contributed by atoms with E-state index in [1.165, 1.54) is 89.0 Å². The van der Waals surface area contributed by atoms with Gasteiger partial charge in [0, 0.05) is 50.1 Å². The summed E-state index contributed by atoms with van der Waals surface area (Å²) in [6, 6.07) is 102. The molecule has 0 bridgehead atoms. The third-order valence-corrected chi connectivity index (χ3v) is 22.3. The molecule has 4 nitrogen and oxygen atoms in total. The van der Waals surface area contributed by atoms with Gasteiger partial charge < -0.3 is 18.6 Å². The minimum Gasteiger partial charge on any atom is -0.456 e. The summed E-state index contributed by atoms with van der Waals surface area (Å²) < 4.78 is 13.4. The van der Waals surface area contributed by atoms with E-state index < -0.39 is 0 Å².